The first-order chi connectivity index (χ1) is 9.20. The highest BCUT2D eigenvalue weighted by Crippen LogP contribution is 2.26. The van der Waals surface area contributed by atoms with E-state index in [-0.39, 0.29) is 30.1 Å². The van der Waals surface area contributed by atoms with Gasteiger partial charge in [-0.05, 0) is 12.8 Å². The average Bonchev–Trinajstić information content (AvgIpc) is 2.69. The van der Waals surface area contributed by atoms with Crippen LogP contribution in [-0.2, 0) is 0 Å². The van der Waals surface area contributed by atoms with Crippen LogP contribution in [0.3, 0.4) is 0 Å². The Hall–Kier alpha value is -1.51. The number of thiazole rings is 1. The van der Waals surface area contributed by atoms with E-state index in [9.17, 15) is 18.0 Å². The second kappa shape index (κ2) is 6.78. The van der Waals surface area contributed by atoms with Gasteiger partial charge in [-0.15, -0.1) is 0 Å². The third kappa shape index (κ3) is 5.24. The van der Waals surface area contributed by atoms with Crippen LogP contribution in [0.5, 0.6) is 0 Å². The molecule has 3 N–H and O–H groups in total. The molecular weight excluding hydrogens is 293 g/mol. The van der Waals surface area contributed by atoms with Crippen molar-refractivity contribution < 1.29 is 18.0 Å². The van der Waals surface area contributed by atoms with E-state index >= 15 is 0 Å². The minimum absolute atomic E-state index is 0.00903. The monoisotopic (exact) mass is 310 g/mol. The van der Waals surface area contributed by atoms with Gasteiger partial charge in [0.05, 0.1) is 0 Å². The second-order valence-electron chi connectivity index (χ2n) is 4.43. The molecule has 114 valence electrons. The van der Waals surface area contributed by atoms with Crippen molar-refractivity contribution in [1.29, 1.82) is 0 Å². The van der Waals surface area contributed by atoms with Crippen LogP contribution in [0.2, 0.25) is 0 Å². The largest absolute Gasteiger partial charge is 0.389 e. The van der Waals surface area contributed by atoms with Gasteiger partial charge in [0.15, 0.2) is 5.13 Å². The molecule has 5 nitrogen and oxygen atoms in total. The van der Waals surface area contributed by atoms with Crippen LogP contribution in [0.4, 0.5) is 24.1 Å². The minimum Gasteiger partial charge on any atom is -0.382 e. The van der Waals surface area contributed by atoms with Crippen LogP contribution >= 0.6 is 11.3 Å². The minimum atomic E-state index is -4.15. The summed E-state index contributed by atoms with van der Waals surface area (Å²) < 4.78 is 35.8. The van der Waals surface area contributed by atoms with Crippen LogP contribution < -0.4 is 16.0 Å². The molecule has 1 heterocycles. The number of aromatic nitrogens is 1. The molecule has 0 spiro atoms. The molecule has 1 aromatic rings. The molecule has 1 rings (SSSR count). The zero-order valence-electron chi connectivity index (χ0n) is 11.3. The summed E-state index contributed by atoms with van der Waals surface area (Å²) in [5.74, 6) is -0.272. The molecule has 0 aliphatic carbocycles. The van der Waals surface area contributed by atoms with Gasteiger partial charge < -0.3 is 16.0 Å². The van der Waals surface area contributed by atoms with Gasteiger partial charge in [0.25, 0.3) is 5.91 Å². The number of unbranched alkanes of at least 4 members (excludes halogenated alkanes) is 1. The van der Waals surface area contributed by atoms with E-state index in [0.29, 0.717) is 5.13 Å². The second-order valence-corrected chi connectivity index (χ2v) is 5.41. The first-order valence-electron chi connectivity index (χ1n) is 5.99. The number of nitrogens with one attached hydrogen (secondary N) is 1. The highest BCUT2D eigenvalue weighted by molar-refractivity contribution is 7.18. The van der Waals surface area contributed by atoms with E-state index < -0.39 is 18.5 Å². The molecule has 0 radical (unpaired) electrons. The lowest BCUT2D eigenvalue weighted by Gasteiger charge is -2.06. The van der Waals surface area contributed by atoms with E-state index in [1.807, 2.05) is 0 Å². The van der Waals surface area contributed by atoms with Crippen LogP contribution in [0.15, 0.2) is 0 Å². The zero-order chi connectivity index (χ0) is 15.3. The SMILES string of the molecule is CN(C)c1nc(N)c(C(=O)NCCCCC(F)(F)F)s1. The van der Waals surface area contributed by atoms with Crippen molar-refractivity contribution in [3.8, 4) is 0 Å². The van der Waals surface area contributed by atoms with Gasteiger partial charge in [-0.3, -0.25) is 4.79 Å². The first-order valence-corrected chi connectivity index (χ1v) is 6.81. The number of nitrogens with two attached hydrogens (primary N) is 1. The predicted molar refractivity (Wildman–Crippen MR) is 73.1 cm³/mol. The molecule has 20 heavy (non-hydrogen) atoms. The van der Waals surface area contributed by atoms with E-state index in [4.69, 9.17) is 5.73 Å². The lowest BCUT2D eigenvalue weighted by atomic mass is 10.2. The standard InChI is InChI=1S/C11H17F3N4OS/c1-18(2)10-17-8(15)7(20-10)9(19)16-6-4-3-5-11(12,13)14/h3-6,15H2,1-2H3,(H,16,19). The van der Waals surface area contributed by atoms with Gasteiger partial charge in [-0.2, -0.15) is 13.2 Å². The summed E-state index contributed by atoms with van der Waals surface area (Å²) in [5, 5.41) is 3.15. The number of nitrogens with zero attached hydrogens (tertiary/aromatic N) is 2. The third-order valence-corrected chi connectivity index (χ3v) is 3.64. The first kappa shape index (κ1) is 16.5. The maximum atomic E-state index is 11.9. The molecule has 0 aromatic carbocycles. The Morgan fingerprint density at radius 1 is 1.40 bits per heavy atom. The molecule has 0 saturated heterocycles. The van der Waals surface area contributed by atoms with Crippen LogP contribution in [0.1, 0.15) is 28.9 Å². The van der Waals surface area contributed by atoms with Crippen molar-refractivity contribution in [2.45, 2.75) is 25.4 Å². The van der Waals surface area contributed by atoms with Gasteiger partial charge in [-0.25, -0.2) is 4.98 Å². The Labute approximate surface area is 119 Å². The van der Waals surface area contributed by atoms with Crippen LogP contribution in [0, 0.1) is 0 Å². The molecule has 0 unspecified atom stereocenters. The highest BCUT2D eigenvalue weighted by atomic mass is 32.1. The molecular formula is C11H17F3N4OS. The van der Waals surface area contributed by atoms with Crippen molar-refractivity contribution in [2.24, 2.45) is 0 Å². The number of rotatable bonds is 6. The molecule has 0 aliphatic heterocycles. The summed E-state index contributed by atoms with van der Waals surface area (Å²) in [7, 11) is 3.55. The van der Waals surface area contributed by atoms with Crippen molar-refractivity contribution in [2.75, 3.05) is 31.3 Å². The number of halogens is 3. The molecule has 0 atom stereocenters. The number of amides is 1. The summed E-state index contributed by atoms with van der Waals surface area (Å²) in [5.41, 5.74) is 5.63. The molecule has 0 aliphatic rings. The normalized spacial score (nSPS) is 11.4. The van der Waals surface area contributed by atoms with Crippen LogP contribution in [-0.4, -0.2) is 37.7 Å². The maximum Gasteiger partial charge on any atom is 0.389 e. The van der Waals surface area contributed by atoms with Crippen molar-refractivity contribution in [3.05, 3.63) is 4.88 Å². The lowest BCUT2D eigenvalue weighted by Crippen LogP contribution is -2.24. The van der Waals surface area contributed by atoms with E-state index in [2.05, 4.69) is 10.3 Å². The van der Waals surface area contributed by atoms with E-state index in [1.165, 1.54) is 0 Å². The number of nitrogen functional groups attached to an aromatic ring is 1. The van der Waals surface area contributed by atoms with Gasteiger partial charge in [-0.1, -0.05) is 11.3 Å². The van der Waals surface area contributed by atoms with Crippen LogP contribution in [0.25, 0.3) is 0 Å². The number of alkyl halides is 3. The number of anilines is 2. The summed E-state index contributed by atoms with van der Waals surface area (Å²) >= 11 is 1.14. The van der Waals surface area contributed by atoms with E-state index in [0.717, 1.165) is 11.3 Å². The quantitative estimate of drug-likeness (QED) is 0.791. The number of hydrogen-bond acceptors (Lipinski definition) is 5. The summed E-state index contributed by atoms with van der Waals surface area (Å²) in [4.78, 5) is 17.8. The maximum absolute atomic E-state index is 11.9. The van der Waals surface area contributed by atoms with Gasteiger partial charge in [0, 0.05) is 27.1 Å². The fourth-order valence-corrected chi connectivity index (χ4v) is 2.23. The Balaban J connectivity index is 2.40. The number of carbonyl (C=O) groups excluding carboxylic acids is 1. The smallest absolute Gasteiger partial charge is 0.382 e. The summed E-state index contributed by atoms with van der Waals surface area (Å²) in [6.07, 6.45) is -4.72. The fourth-order valence-electron chi connectivity index (χ4n) is 1.41. The van der Waals surface area contributed by atoms with Gasteiger partial charge in [0.2, 0.25) is 0 Å². The Morgan fingerprint density at radius 3 is 2.55 bits per heavy atom. The molecule has 9 heteroatoms. The summed E-state index contributed by atoms with van der Waals surface area (Å²) in [6.45, 7) is 0.184. The Morgan fingerprint density at radius 2 is 2.05 bits per heavy atom. The fraction of sp³-hybridized carbons (Fsp3) is 0.636. The third-order valence-electron chi connectivity index (χ3n) is 2.40. The highest BCUT2D eigenvalue weighted by Gasteiger charge is 2.25. The van der Waals surface area contributed by atoms with Crippen molar-refractivity contribution in [3.63, 3.8) is 0 Å². The number of hydrogen-bond donors (Lipinski definition) is 2. The lowest BCUT2D eigenvalue weighted by molar-refractivity contribution is -0.135. The van der Waals surface area contributed by atoms with E-state index in [1.54, 1.807) is 19.0 Å². The summed E-state index contributed by atoms with van der Waals surface area (Å²) in [6, 6.07) is 0. The molecule has 1 aromatic heterocycles. The predicted octanol–water partition coefficient (Wildman–Crippen LogP) is 2.25. The molecule has 1 amide bonds. The molecule has 0 saturated carbocycles. The average molecular weight is 310 g/mol. The van der Waals surface area contributed by atoms with Crippen molar-refractivity contribution >= 4 is 28.2 Å². The molecule has 0 bridgehead atoms. The Bertz CT molecular complexity index is 459. The topological polar surface area (TPSA) is 71.2 Å². The van der Waals surface area contributed by atoms with Gasteiger partial charge >= 0.3 is 6.18 Å². The Kier molecular flexibility index (Phi) is 5.61. The zero-order valence-corrected chi connectivity index (χ0v) is 12.1. The van der Waals surface area contributed by atoms with Gasteiger partial charge in [0.1, 0.15) is 10.7 Å². The molecule has 0 fully saturated rings. The van der Waals surface area contributed by atoms with Crippen molar-refractivity contribution in [1.82, 2.24) is 10.3 Å². The number of carbonyl (C=O) groups is 1.